The summed E-state index contributed by atoms with van der Waals surface area (Å²) in [5, 5.41) is 0.0808. The zero-order chi connectivity index (χ0) is 18.1. The molecule has 1 atom stereocenters. The number of nitrogens with zero attached hydrogens (tertiary/aromatic N) is 3. The number of aryl methyl sites for hydroxylation is 1. The molecule has 0 spiro atoms. The summed E-state index contributed by atoms with van der Waals surface area (Å²) in [6, 6.07) is 12.6. The highest BCUT2D eigenvalue weighted by Crippen LogP contribution is 2.36. The number of imidazole rings is 1. The first-order valence-electron chi connectivity index (χ1n) is 8.74. The van der Waals surface area contributed by atoms with E-state index in [-0.39, 0.29) is 17.0 Å². The van der Waals surface area contributed by atoms with Gasteiger partial charge in [0.15, 0.2) is 0 Å². The minimum atomic E-state index is -0.164. The SMILES string of the molecule is Cc1nc2ccccn2c1C(=O)N1CCS[C@H](c2ccccc2F)CC1. The fourth-order valence-corrected chi connectivity index (χ4v) is 4.73. The van der Waals surface area contributed by atoms with Gasteiger partial charge in [0.05, 0.1) is 5.69 Å². The molecule has 1 aliphatic rings. The molecule has 6 heteroatoms. The lowest BCUT2D eigenvalue weighted by Gasteiger charge is -2.20. The van der Waals surface area contributed by atoms with E-state index in [1.54, 1.807) is 17.8 Å². The highest BCUT2D eigenvalue weighted by molar-refractivity contribution is 7.99. The number of hydrogen-bond donors (Lipinski definition) is 0. The van der Waals surface area contributed by atoms with Crippen LogP contribution in [0, 0.1) is 12.7 Å². The lowest BCUT2D eigenvalue weighted by molar-refractivity contribution is 0.0759. The molecule has 0 bridgehead atoms. The number of hydrogen-bond acceptors (Lipinski definition) is 3. The Hall–Kier alpha value is -2.34. The number of carbonyl (C=O) groups is 1. The summed E-state index contributed by atoms with van der Waals surface area (Å²) in [6.07, 6.45) is 2.62. The molecule has 1 saturated heterocycles. The molecule has 3 aromatic rings. The topological polar surface area (TPSA) is 37.6 Å². The van der Waals surface area contributed by atoms with Gasteiger partial charge in [-0.05, 0) is 31.5 Å². The van der Waals surface area contributed by atoms with Crippen molar-refractivity contribution in [3.8, 4) is 0 Å². The Morgan fingerprint density at radius 1 is 1.19 bits per heavy atom. The lowest BCUT2D eigenvalue weighted by Crippen LogP contribution is -2.34. The molecule has 1 fully saturated rings. The third-order valence-corrected chi connectivity index (χ3v) is 6.10. The summed E-state index contributed by atoms with van der Waals surface area (Å²) in [4.78, 5) is 19.5. The van der Waals surface area contributed by atoms with Crippen LogP contribution in [-0.4, -0.2) is 39.0 Å². The number of halogens is 1. The molecule has 2 aromatic heterocycles. The van der Waals surface area contributed by atoms with Gasteiger partial charge in [0, 0.05) is 35.9 Å². The lowest BCUT2D eigenvalue weighted by atomic mass is 10.1. The maximum absolute atomic E-state index is 14.1. The van der Waals surface area contributed by atoms with E-state index in [4.69, 9.17) is 0 Å². The summed E-state index contributed by atoms with van der Waals surface area (Å²) in [7, 11) is 0. The molecule has 4 rings (SSSR count). The van der Waals surface area contributed by atoms with Gasteiger partial charge in [-0.1, -0.05) is 24.3 Å². The summed E-state index contributed by atoms with van der Waals surface area (Å²) < 4.78 is 16.0. The predicted molar refractivity (Wildman–Crippen MR) is 102 cm³/mol. The number of thioether (sulfide) groups is 1. The van der Waals surface area contributed by atoms with Gasteiger partial charge < -0.3 is 4.90 Å². The van der Waals surface area contributed by atoms with Crippen LogP contribution >= 0.6 is 11.8 Å². The summed E-state index contributed by atoms with van der Waals surface area (Å²) in [6.45, 7) is 3.15. The number of pyridine rings is 1. The first kappa shape index (κ1) is 17.1. The van der Waals surface area contributed by atoms with Crippen molar-refractivity contribution in [1.82, 2.24) is 14.3 Å². The summed E-state index contributed by atoms with van der Waals surface area (Å²) >= 11 is 1.72. The third-order valence-electron chi connectivity index (χ3n) is 4.79. The van der Waals surface area contributed by atoms with Crippen molar-refractivity contribution in [3.05, 3.63) is 71.4 Å². The van der Waals surface area contributed by atoms with E-state index < -0.39 is 0 Å². The van der Waals surface area contributed by atoms with E-state index in [2.05, 4.69) is 4.98 Å². The van der Waals surface area contributed by atoms with Crippen molar-refractivity contribution in [2.75, 3.05) is 18.8 Å². The maximum atomic E-state index is 14.1. The fourth-order valence-electron chi connectivity index (χ4n) is 3.48. The molecule has 3 heterocycles. The van der Waals surface area contributed by atoms with E-state index in [0.29, 0.717) is 18.8 Å². The number of amides is 1. The molecule has 4 nitrogen and oxygen atoms in total. The molecule has 1 aromatic carbocycles. The van der Waals surface area contributed by atoms with Gasteiger partial charge in [0.1, 0.15) is 17.2 Å². The number of carbonyl (C=O) groups excluding carboxylic acids is 1. The molecule has 0 aliphatic carbocycles. The van der Waals surface area contributed by atoms with Gasteiger partial charge in [0.25, 0.3) is 5.91 Å². The van der Waals surface area contributed by atoms with Gasteiger partial charge in [-0.3, -0.25) is 9.20 Å². The Morgan fingerprint density at radius 3 is 2.85 bits per heavy atom. The molecule has 134 valence electrons. The van der Waals surface area contributed by atoms with E-state index in [1.165, 1.54) is 6.07 Å². The van der Waals surface area contributed by atoms with Crippen LogP contribution in [-0.2, 0) is 0 Å². The summed E-state index contributed by atoms with van der Waals surface area (Å²) in [5.74, 6) is 0.624. The van der Waals surface area contributed by atoms with Crippen LogP contribution < -0.4 is 0 Å². The largest absolute Gasteiger partial charge is 0.336 e. The second kappa shape index (κ2) is 7.11. The number of aromatic nitrogens is 2. The van der Waals surface area contributed by atoms with E-state index in [9.17, 15) is 9.18 Å². The van der Waals surface area contributed by atoms with Crippen molar-refractivity contribution in [1.29, 1.82) is 0 Å². The summed E-state index contributed by atoms with van der Waals surface area (Å²) in [5.41, 5.74) is 2.87. The second-order valence-corrected chi connectivity index (χ2v) is 7.75. The molecule has 0 unspecified atom stereocenters. The van der Waals surface area contributed by atoms with Crippen molar-refractivity contribution in [2.24, 2.45) is 0 Å². The van der Waals surface area contributed by atoms with Gasteiger partial charge in [-0.15, -0.1) is 0 Å². The normalized spacial score (nSPS) is 18.1. The van der Waals surface area contributed by atoms with Crippen molar-refractivity contribution in [3.63, 3.8) is 0 Å². The molecular formula is C20H20FN3OS. The number of fused-ring (bicyclic) bond motifs is 1. The molecule has 0 radical (unpaired) electrons. The molecule has 1 aliphatic heterocycles. The fraction of sp³-hybridized carbons (Fsp3) is 0.300. The third kappa shape index (κ3) is 3.09. The number of benzene rings is 1. The van der Waals surface area contributed by atoms with E-state index >= 15 is 0 Å². The predicted octanol–water partition coefficient (Wildman–Crippen LogP) is 4.10. The molecule has 0 N–H and O–H groups in total. The van der Waals surface area contributed by atoms with Crippen LogP contribution in [0.1, 0.15) is 33.4 Å². The average Bonchev–Trinajstić information content (AvgIpc) is 2.81. The highest BCUT2D eigenvalue weighted by Gasteiger charge is 2.27. The minimum Gasteiger partial charge on any atom is -0.336 e. The first-order valence-corrected chi connectivity index (χ1v) is 9.79. The monoisotopic (exact) mass is 369 g/mol. The van der Waals surface area contributed by atoms with Crippen LogP contribution in [0.4, 0.5) is 4.39 Å². The maximum Gasteiger partial charge on any atom is 0.272 e. The quantitative estimate of drug-likeness (QED) is 0.682. The average molecular weight is 369 g/mol. The van der Waals surface area contributed by atoms with Crippen LogP contribution in [0.5, 0.6) is 0 Å². The first-order chi connectivity index (χ1) is 12.6. The second-order valence-electron chi connectivity index (χ2n) is 6.44. The van der Waals surface area contributed by atoms with Gasteiger partial charge in [-0.25, -0.2) is 9.37 Å². The Balaban J connectivity index is 1.56. The molecule has 0 saturated carbocycles. The van der Waals surface area contributed by atoms with Crippen LogP contribution in [0.25, 0.3) is 5.65 Å². The van der Waals surface area contributed by atoms with Crippen molar-refractivity contribution in [2.45, 2.75) is 18.6 Å². The zero-order valence-corrected chi connectivity index (χ0v) is 15.4. The smallest absolute Gasteiger partial charge is 0.272 e. The van der Waals surface area contributed by atoms with Crippen LogP contribution in [0.2, 0.25) is 0 Å². The molecule has 1 amide bonds. The zero-order valence-electron chi connectivity index (χ0n) is 14.6. The van der Waals surface area contributed by atoms with Gasteiger partial charge in [-0.2, -0.15) is 11.8 Å². The standard InChI is InChI=1S/C20H20FN3OS/c1-14-19(24-10-5-4-8-18(24)22-14)20(25)23-11-9-17(26-13-12-23)15-6-2-3-7-16(15)21/h2-8,10,17H,9,11-13H2,1H3/t17-/m0/s1. The van der Waals surface area contributed by atoms with Crippen LogP contribution in [0.15, 0.2) is 48.7 Å². The van der Waals surface area contributed by atoms with Gasteiger partial charge in [0.2, 0.25) is 0 Å². The Bertz CT molecular complexity index is 955. The van der Waals surface area contributed by atoms with E-state index in [0.717, 1.165) is 29.1 Å². The Morgan fingerprint density at radius 2 is 2.00 bits per heavy atom. The minimum absolute atomic E-state index is 0.00372. The van der Waals surface area contributed by atoms with Crippen LogP contribution in [0.3, 0.4) is 0 Å². The van der Waals surface area contributed by atoms with Crippen molar-refractivity contribution >= 4 is 23.3 Å². The molecular weight excluding hydrogens is 349 g/mol. The Labute approximate surface area is 156 Å². The molecule has 26 heavy (non-hydrogen) atoms. The van der Waals surface area contributed by atoms with Gasteiger partial charge >= 0.3 is 0 Å². The highest BCUT2D eigenvalue weighted by atomic mass is 32.2. The number of rotatable bonds is 2. The van der Waals surface area contributed by atoms with Crippen molar-refractivity contribution < 1.29 is 9.18 Å². The Kier molecular flexibility index (Phi) is 4.68. The van der Waals surface area contributed by atoms with E-state index in [1.807, 2.05) is 52.8 Å².